The molecular weight excluding hydrogens is 225 g/mol. The fraction of sp³-hybridized carbons (Fsp3) is 0.833. The van der Waals surface area contributed by atoms with Gasteiger partial charge in [-0.05, 0) is 6.92 Å². The van der Waals surface area contributed by atoms with Gasteiger partial charge in [0.2, 0.25) is 5.60 Å². The molecular formula is C12H20FNO3. The smallest absolute Gasteiger partial charge is 0.353 e. The van der Waals surface area contributed by atoms with Crippen LogP contribution in [0.15, 0.2) is 5.16 Å². The summed E-state index contributed by atoms with van der Waals surface area (Å²) in [4.78, 5) is 17.1. The number of halogens is 1. The Hall–Kier alpha value is -1.13. The lowest BCUT2D eigenvalue weighted by Crippen LogP contribution is -2.42. The van der Waals surface area contributed by atoms with Crippen LogP contribution in [0.5, 0.6) is 0 Å². The molecule has 17 heavy (non-hydrogen) atoms. The second-order valence-corrected chi connectivity index (χ2v) is 5.21. The number of nitrogens with zero attached hydrogens (tertiary/aromatic N) is 1. The standard InChI is InChI=1S/C12H20FNO3/c1-5-16-10(15)12(6-7-13)8-9(14-17-12)11(2,3)4/h5-8H2,1-4H3. The number of oxime groups is 1. The van der Waals surface area contributed by atoms with Crippen molar-refractivity contribution in [3.05, 3.63) is 0 Å². The van der Waals surface area contributed by atoms with Crippen LogP contribution in [0.2, 0.25) is 0 Å². The molecule has 0 aliphatic carbocycles. The number of carbonyl (C=O) groups is 1. The van der Waals surface area contributed by atoms with Gasteiger partial charge >= 0.3 is 5.97 Å². The van der Waals surface area contributed by atoms with E-state index in [-0.39, 0.29) is 18.4 Å². The van der Waals surface area contributed by atoms with Crippen molar-refractivity contribution < 1.29 is 18.8 Å². The van der Waals surface area contributed by atoms with Crippen LogP contribution in [-0.4, -0.2) is 30.6 Å². The lowest BCUT2D eigenvalue weighted by atomic mass is 9.82. The highest BCUT2D eigenvalue weighted by Gasteiger charge is 2.49. The summed E-state index contributed by atoms with van der Waals surface area (Å²) in [5.41, 5.74) is -0.684. The second kappa shape index (κ2) is 5.02. The minimum absolute atomic E-state index is 0.0189. The molecule has 0 spiro atoms. The number of ether oxygens (including phenoxy) is 1. The van der Waals surface area contributed by atoms with E-state index >= 15 is 0 Å². The number of hydrogen-bond acceptors (Lipinski definition) is 4. The van der Waals surface area contributed by atoms with Crippen molar-refractivity contribution in [2.24, 2.45) is 10.6 Å². The molecule has 1 aliphatic heterocycles. The minimum atomic E-state index is -1.26. The maximum Gasteiger partial charge on any atom is 0.353 e. The molecule has 0 aromatic carbocycles. The maximum absolute atomic E-state index is 12.6. The van der Waals surface area contributed by atoms with E-state index in [4.69, 9.17) is 9.57 Å². The fourth-order valence-electron chi connectivity index (χ4n) is 1.64. The Morgan fingerprint density at radius 2 is 2.24 bits per heavy atom. The molecule has 0 N–H and O–H groups in total. The molecule has 0 amide bonds. The Morgan fingerprint density at radius 3 is 2.65 bits per heavy atom. The average molecular weight is 245 g/mol. The zero-order valence-electron chi connectivity index (χ0n) is 10.9. The van der Waals surface area contributed by atoms with Gasteiger partial charge in [-0.3, -0.25) is 4.39 Å². The van der Waals surface area contributed by atoms with E-state index in [9.17, 15) is 9.18 Å². The SMILES string of the molecule is CCOC(=O)C1(CCF)CC(C(C)(C)C)=NO1. The molecule has 4 nitrogen and oxygen atoms in total. The summed E-state index contributed by atoms with van der Waals surface area (Å²) in [6, 6.07) is 0. The van der Waals surface area contributed by atoms with Crippen LogP contribution in [0, 0.1) is 5.41 Å². The zero-order valence-corrected chi connectivity index (χ0v) is 10.9. The molecule has 5 heteroatoms. The van der Waals surface area contributed by atoms with Crippen LogP contribution in [0.3, 0.4) is 0 Å². The molecule has 0 fully saturated rings. The summed E-state index contributed by atoms with van der Waals surface area (Å²) in [7, 11) is 0. The minimum Gasteiger partial charge on any atom is -0.463 e. The van der Waals surface area contributed by atoms with Crippen LogP contribution in [0.25, 0.3) is 0 Å². The Balaban J connectivity index is 2.83. The van der Waals surface area contributed by atoms with Crippen molar-refractivity contribution in [1.29, 1.82) is 0 Å². The molecule has 98 valence electrons. The van der Waals surface area contributed by atoms with E-state index < -0.39 is 18.2 Å². The van der Waals surface area contributed by atoms with E-state index in [2.05, 4.69) is 5.16 Å². The van der Waals surface area contributed by atoms with Crippen LogP contribution < -0.4 is 0 Å². The number of esters is 1. The average Bonchev–Trinajstić information content (AvgIpc) is 2.64. The van der Waals surface area contributed by atoms with Crippen molar-refractivity contribution >= 4 is 11.7 Å². The summed E-state index contributed by atoms with van der Waals surface area (Å²) in [6.07, 6.45) is 0.286. The van der Waals surface area contributed by atoms with Gasteiger partial charge < -0.3 is 9.57 Å². The third kappa shape index (κ3) is 2.96. The first-order valence-corrected chi connectivity index (χ1v) is 5.84. The Morgan fingerprint density at radius 1 is 1.59 bits per heavy atom. The molecule has 0 radical (unpaired) electrons. The highest BCUT2D eigenvalue weighted by molar-refractivity contribution is 5.96. The van der Waals surface area contributed by atoms with E-state index in [0.29, 0.717) is 6.42 Å². The Kier molecular flexibility index (Phi) is 4.11. The third-order valence-electron chi connectivity index (χ3n) is 2.80. The van der Waals surface area contributed by atoms with Gasteiger partial charge in [-0.25, -0.2) is 4.79 Å². The van der Waals surface area contributed by atoms with Gasteiger partial charge in [0.1, 0.15) is 0 Å². The lowest BCUT2D eigenvalue weighted by Gasteiger charge is -2.24. The first kappa shape index (κ1) is 13.9. The normalized spacial score (nSPS) is 24.2. The molecule has 1 rings (SSSR count). The van der Waals surface area contributed by atoms with Crippen LogP contribution in [0.1, 0.15) is 40.5 Å². The number of alkyl halides is 1. The van der Waals surface area contributed by atoms with Gasteiger partial charge in [0.15, 0.2) is 0 Å². The predicted molar refractivity (Wildman–Crippen MR) is 62.5 cm³/mol. The summed E-state index contributed by atoms with van der Waals surface area (Å²) in [6.45, 7) is 7.26. The van der Waals surface area contributed by atoms with Crippen molar-refractivity contribution in [3.8, 4) is 0 Å². The first-order chi connectivity index (χ1) is 7.85. The van der Waals surface area contributed by atoms with Gasteiger partial charge in [-0.2, -0.15) is 0 Å². The van der Waals surface area contributed by atoms with Crippen molar-refractivity contribution in [3.63, 3.8) is 0 Å². The quantitative estimate of drug-likeness (QED) is 0.715. The topological polar surface area (TPSA) is 47.9 Å². The largest absolute Gasteiger partial charge is 0.463 e. The molecule has 0 aromatic rings. The van der Waals surface area contributed by atoms with Crippen molar-refractivity contribution in [1.82, 2.24) is 0 Å². The van der Waals surface area contributed by atoms with Gasteiger partial charge in [0.05, 0.1) is 19.0 Å². The molecule has 1 atom stereocenters. The van der Waals surface area contributed by atoms with Crippen LogP contribution >= 0.6 is 0 Å². The van der Waals surface area contributed by atoms with Crippen molar-refractivity contribution in [2.75, 3.05) is 13.3 Å². The molecule has 1 unspecified atom stereocenters. The number of carbonyl (C=O) groups excluding carboxylic acids is 1. The molecule has 0 aromatic heterocycles. The first-order valence-electron chi connectivity index (χ1n) is 5.84. The highest BCUT2D eigenvalue weighted by Crippen LogP contribution is 2.35. The molecule has 1 aliphatic rings. The van der Waals surface area contributed by atoms with Crippen LogP contribution in [0.4, 0.5) is 4.39 Å². The second-order valence-electron chi connectivity index (χ2n) is 5.21. The van der Waals surface area contributed by atoms with Crippen molar-refractivity contribution in [2.45, 2.75) is 46.1 Å². The Bertz CT molecular complexity index is 322. The third-order valence-corrected chi connectivity index (χ3v) is 2.80. The fourth-order valence-corrected chi connectivity index (χ4v) is 1.64. The van der Waals surface area contributed by atoms with E-state index in [1.165, 1.54) is 0 Å². The molecule has 1 heterocycles. The zero-order chi connectivity index (χ0) is 13.1. The Labute approximate surface area is 101 Å². The van der Waals surface area contributed by atoms with E-state index in [1.54, 1.807) is 6.92 Å². The molecule has 0 bridgehead atoms. The predicted octanol–water partition coefficient (Wildman–Crippen LogP) is 2.47. The van der Waals surface area contributed by atoms with E-state index in [1.807, 2.05) is 20.8 Å². The number of rotatable bonds is 4. The summed E-state index contributed by atoms with van der Waals surface area (Å²) < 4.78 is 17.5. The van der Waals surface area contributed by atoms with Gasteiger partial charge in [0.25, 0.3) is 0 Å². The monoisotopic (exact) mass is 245 g/mol. The summed E-state index contributed by atoms with van der Waals surface area (Å²) >= 11 is 0. The van der Waals surface area contributed by atoms with Gasteiger partial charge in [-0.1, -0.05) is 25.9 Å². The van der Waals surface area contributed by atoms with E-state index in [0.717, 1.165) is 5.71 Å². The molecule has 0 saturated carbocycles. The summed E-state index contributed by atoms with van der Waals surface area (Å²) in [5.74, 6) is -0.527. The van der Waals surface area contributed by atoms with Gasteiger partial charge in [-0.15, -0.1) is 0 Å². The highest BCUT2D eigenvalue weighted by atomic mass is 19.1. The summed E-state index contributed by atoms with van der Waals surface area (Å²) in [5, 5.41) is 3.93. The molecule has 0 saturated heterocycles. The maximum atomic E-state index is 12.6. The number of hydrogen-bond donors (Lipinski definition) is 0. The lowest BCUT2D eigenvalue weighted by molar-refractivity contribution is -0.170. The van der Waals surface area contributed by atoms with Gasteiger partial charge in [0, 0.05) is 18.3 Å². The van der Waals surface area contributed by atoms with Crippen LogP contribution in [-0.2, 0) is 14.4 Å².